The van der Waals surface area contributed by atoms with E-state index < -0.39 is 0 Å². The van der Waals surface area contributed by atoms with E-state index in [1.165, 1.54) is 5.56 Å². The lowest BCUT2D eigenvalue weighted by Crippen LogP contribution is -2.17. The van der Waals surface area contributed by atoms with Gasteiger partial charge in [0, 0.05) is 18.4 Å². The Morgan fingerprint density at radius 3 is 2.88 bits per heavy atom. The highest BCUT2D eigenvalue weighted by Crippen LogP contribution is 2.12. The Kier molecular flexibility index (Phi) is 3.37. The molecule has 0 saturated heterocycles. The average molecular weight is 216 g/mol. The van der Waals surface area contributed by atoms with Crippen LogP contribution >= 0.6 is 0 Å². The van der Waals surface area contributed by atoms with Gasteiger partial charge in [0.05, 0.1) is 12.3 Å². The Hall–Kier alpha value is -1.61. The fraction of sp³-hybridized carbons (Fsp3) is 0.308. The second kappa shape index (κ2) is 4.94. The van der Waals surface area contributed by atoms with Crippen molar-refractivity contribution in [2.24, 2.45) is 0 Å². The van der Waals surface area contributed by atoms with Crippen molar-refractivity contribution >= 4 is 0 Å². The van der Waals surface area contributed by atoms with E-state index in [1.807, 2.05) is 31.3 Å². The standard InChI is InChI=1S/C13H16N2O/c1-10-5-6-12(8-14-10)9-15-11(2)13-4-3-7-16-13/h3-8,11,15H,9H2,1-2H3/t11-/m0/s1. The van der Waals surface area contributed by atoms with E-state index in [0.717, 1.165) is 18.0 Å². The molecule has 0 saturated carbocycles. The maximum absolute atomic E-state index is 5.32. The SMILES string of the molecule is Cc1ccc(CN[C@@H](C)c2ccco2)cn1. The van der Waals surface area contributed by atoms with Gasteiger partial charge >= 0.3 is 0 Å². The Morgan fingerprint density at radius 1 is 1.38 bits per heavy atom. The van der Waals surface area contributed by atoms with E-state index in [9.17, 15) is 0 Å². The molecule has 0 amide bonds. The zero-order chi connectivity index (χ0) is 11.4. The lowest BCUT2D eigenvalue weighted by molar-refractivity contribution is 0.430. The third kappa shape index (κ3) is 2.70. The van der Waals surface area contributed by atoms with E-state index in [0.29, 0.717) is 0 Å². The molecule has 0 aliphatic heterocycles. The van der Waals surface area contributed by atoms with E-state index in [4.69, 9.17) is 4.42 Å². The van der Waals surface area contributed by atoms with Gasteiger partial charge in [-0.25, -0.2) is 0 Å². The molecule has 0 spiro atoms. The molecule has 84 valence electrons. The molecule has 3 nitrogen and oxygen atoms in total. The van der Waals surface area contributed by atoms with Gasteiger partial charge in [-0.1, -0.05) is 6.07 Å². The zero-order valence-corrected chi connectivity index (χ0v) is 9.60. The summed E-state index contributed by atoms with van der Waals surface area (Å²) >= 11 is 0. The van der Waals surface area contributed by atoms with Crippen LogP contribution in [0.2, 0.25) is 0 Å². The molecular formula is C13H16N2O. The van der Waals surface area contributed by atoms with E-state index >= 15 is 0 Å². The maximum Gasteiger partial charge on any atom is 0.120 e. The van der Waals surface area contributed by atoms with Gasteiger partial charge in [-0.15, -0.1) is 0 Å². The van der Waals surface area contributed by atoms with Crippen LogP contribution in [0.3, 0.4) is 0 Å². The van der Waals surface area contributed by atoms with Crippen LogP contribution in [-0.2, 0) is 6.54 Å². The molecular weight excluding hydrogens is 200 g/mol. The smallest absolute Gasteiger partial charge is 0.120 e. The minimum absolute atomic E-state index is 0.219. The molecule has 0 bridgehead atoms. The lowest BCUT2D eigenvalue weighted by atomic mass is 10.2. The van der Waals surface area contributed by atoms with Gasteiger partial charge in [0.25, 0.3) is 0 Å². The highest BCUT2D eigenvalue weighted by atomic mass is 16.3. The summed E-state index contributed by atoms with van der Waals surface area (Å²) in [5.74, 6) is 0.958. The molecule has 3 heteroatoms. The molecule has 2 heterocycles. The Bertz CT molecular complexity index is 420. The molecule has 0 unspecified atom stereocenters. The number of nitrogens with one attached hydrogen (secondary N) is 1. The first-order valence-corrected chi connectivity index (χ1v) is 5.44. The van der Waals surface area contributed by atoms with Crippen molar-refractivity contribution in [3.63, 3.8) is 0 Å². The first kappa shape index (κ1) is 10.9. The van der Waals surface area contributed by atoms with E-state index in [-0.39, 0.29) is 6.04 Å². The zero-order valence-electron chi connectivity index (χ0n) is 9.60. The molecule has 2 aromatic heterocycles. The molecule has 2 rings (SSSR count). The largest absolute Gasteiger partial charge is 0.468 e. The molecule has 2 aromatic rings. The number of hydrogen-bond donors (Lipinski definition) is 1. The topological polar surface area (TPSA) is 38.1 Å². The van der Waals surface area contributed by atoms with E-state index in [1.54, 1.807) is 6.26 Å². The number of nitrogens with zero attached hydrogens (tertiary/aromatic N) is 1. The Labute approximate surface area is 95.5 Å². The fourth-order valence-corrected chi connectivity index (χ4v) is 1.51. The normalized spacial score (nSPS) is 12.6. The Morgan fingerprint density at radius 2 is 2.25 bits per heavy atom. The minimum atomic E-state index is 0.219. The van der Waals surface area contributed by atoms with Crippen LogP contribution in [0.4, 0.5) is 0 Å². The van der Waals surface area contributed by atoms with Crippen molar-refractivity contribution in [3.05, 3.63) is 53.7 Å². The van der Waals surface area contributed by atoms with Crippen molar-refractivity contribution in [1.29, 1.82) is 0 Å². The van der Waals surface area contributed by atoms with Gasteiger partial charge in [-0.2, -0.15) is 0 Å². The summed E-state index contributed by atoms with van der Waals surface area (Å²) < 4.78 is 5.32. The van der Waals surface area contributed by atoms with Crippen molar-refractivity contribution in [2.75, 3.05) is 0 Å². The summed E-state index contributed by atoms with van der Waals surface area (Å²) in [5.41, 5.74) is 2.23. The average Bonchev–Trinajstić information content (AvgIpc) is 2.81. The predicted molar refractivity (Wildman–Crippen MR) is 62.9 cm³/mol. The summed E-state index contributed by atoms with van der Waals surface area (Å²) in [7, 11) is 0. The van der Waals surface area contributed by atoms with Crippen molar-refractivity contribution in [1.82, 2.24) is 10.3 Å². The molecule has 0 aromatic carbocycles. The van der Waals surface area contributed by atoms with Crippen LogP contribution < -0.4 is 5.32 Å². The maximum atomic E-state index is 5.32. The van der Waals surface area contributed by atoms with Gasteiger partial charge in [-0.05, 0) is 37.6 Å². The summed E-state index contributed by atoms with van der Waals surface area (Å²) in [6.45, 7) is 4.87. The minimum Gasteiger partial charge on any atom is -0.468 e. The molecule has 0 aliphatic carbocycles. The quantitative estimate of drug-likeness (QED) is 0.854. The van der Waals surface area contributed by atoms with Crippen LogP contribution in [0.15, 0.2) is 41.1 Å². The van der Waals surface area contributed by atoms with Gasteiger partial charge in [0.15, 0.2) is 0 Å². The third-order valence-electron chi connectivity index (χ3n) is 2.55. The van der Waals surface area contributed by atoms with Crippen molar-refractivity contribution in [2.45, 2.75) is 26.4 Å². The third-order valence-corrected chi connectivity index (χ3v) is 2.55. The lowest BCUT2D eigenvalue weighted by Gasteiger charge is -2.10. The van der Waals surface area contributed by atoms with Gasteiger partial charge in [0.2, 0.25) is 0 Å². The highest BCUT2D eigenvalue weighted by Gasteiger charge is 2.06. The second-order valence-electron chi connectivity index (χ2n) is 3.93. The number of hydrogen-bond acceptors (Lipinski definition) is 3. The van der Waals surface area contributed by atoms with Crippen LogP contribution in [0.25, 0.3) is 0 Å². The molecule has 16 heavy (non-hydrogen) atoms. The van der Waals surface area contributed by atoms with Crippen LogP contribution in [-0.4, -0.2) is 4.98 Å². The predicted octanol–water partition coefficient (Wildman–Crippen LogP) is 2.83. The number of aryl methyl sites for hydroxylation is 1. The molecule has 0 radical (unpaired) electrons. The Balaban J connectivity index is 1.90. The van der Waals surface area contributed by atoms with Crippen LogP contribution in [0.1, 0.15) is 30.0 Å². The summed E-state index contributed by atoms with van der Waals surface area (Å²) in [4.78, 5) is 4.26. The van der Waals surface area contributed by atoms with Gasteiger partial charge in [-0.3, -0.25) is 4.98 Å². The van der Waals surface area contributed by atoms with Crippen LogP contribution in [0.5, 0.6) is 0 Å². The molecule has 0 aliphatic rings. The first-order valence-electron chi connectivity index (χ1n) is 5.44. The number of pyridine rings is 1. The molecule has 1 N–H and O–H groups in total. The fourth-order valence-electron chi connectivity index (χ4n) is 1.51. The van der Waals surface area contributed by atoms with Crippen molar-refractivity contribution < 1.29 is 4.42 Å². The molecule has 1 atom stereocenters. The van der Waals surface area contributed by atoms with Crippen LogP contribution in [0, 0.1) is 6.92 Å². The number of furan rings is 1. The van der Waals surface area contributed by atoms with Gasteiger partial charge < -0.3 is 9.73 Å². The second-order valence-corrected chi connectivity index (χ2v) is 3.93. The van der Waals surface area contributed by atoms with Gasteiger partial charge in [0.1, 0.15) is 5.76 Å². The van der Waals surface area contributed by atoms with Crippen molar-refractivity contribution in [3.8, 4) is 0 Å². The first-order chi connectivity index (χ1) is 7.75. The monoisotopic (exact) mass is 216 g/mol. The highest BCUT2D eigenvalue weighted by molar-refractivity contribution is 5.13. The summed E-state index contributed by atoms with van der Waals surface area (Å²) in [6.07, 6.45) is 3.60. The number of rotatable bonds is 4. The summed E-state index contributed by atoms with van der Waals surface area (Å²) in [6, 6.07) is 8.21. The number of aromatic nitrogens is 1. The van der Waals surface area contributed by atoms with E-state index in [2.05, 4.69) is 23.3 Å². The molecule has 0 fully saturated rings. The summed E-state index contributed by atoms with van der Waals surface area (Å²) in [5, 5.41) is 3.39.